The van der Waals surface area contributed by atoms with Crippen molar-refractivity contribution in [3.05, 3.63) is 0 Å². The highest BCUT2D eigenvalue weighted by atomic mass is 32.1. The Kier molecular flexibility index (Phi) is 5.38. The number of nitrogens with one attached hydrogen (secondary N) is 1. The van der Waals surface area contributed by atoms with Gasteiger partial charge in [-0.2, -0.15) is 12.6 Å². The third-order valence-electron chi connectivity index (χ3n) is 3.13. The van der Waals surface area contributed by atoms with Crippen LogP contribution < -0.4 is 5.32 Å². The van der Waals surface area contributed by atoms with Gasteiger partial charge in [-0.05, 0) is 37.4 Å². The summed E-state index contributed by atoms with van der Waals surface area (Å²) in [5.41, 5.74) is 0. The van der Waals surface area contributed by atoms with E-state index in [0.717, 1.165) is 18.8 Å². The van der Waals surface area contributed by atoms with Gasteiger partial charge in [-0.1, -0.05) is 13.3 Å². The summed E-state index contributed by atoms with van der Waals surface area (Å²) < 4.78 is 0. The summed E-state index contributed by atoms with van der Waals surface area (Å²) in [6.45, 7) is 2.25. The molecule has 82 valence electrons. The molecule has 1 fully saturated rings. The molecule has 0 aromatic rings. The Morgan fingerprint density at radius 3 is 2.50 bits per heavy atom. The maximum atomic E-state index is 11.3. The second-order valence-corrected chi connectivity index (χ2v) is 4.61. The van der Waals surface area contributed by atoms with Crippen molar-refractivity contribution in [3.8, 4) is 0 Å². The van der Waals surface area contributed by atoms with E-state index < -0.39 is 0 Å². The highest BCUT2D eigenvalue weighted by molar-refractivity contribution is 7.80. The predicted molar refractivity (Wildman–Crippen MR) is 62.6 cm³/mol. The van der Waals surface area contributed by atoms with Gasteiger partial charge in [0.1, 0.15) is 0 Å². The quantitative estimate of drug-likeness (QED) is 0.693. The van der Waals surface area contributed by atoms with E-state index >= 15 is 0 Å². The van der Waals surface area contributed by atoms with Crippen LogP contribution in [0.4, 0.5) is 0 Å². The van der Waals surface area contributed by atoms with E-state index in [2.05, 4.69) is 24.9 Å². The van der Waals surface area contributed by atoms with E-state index in [1.165, 1.54) is 19.3 Å². The SMILES string of the molecule is CCC1CCC(NC(=O)CCS)CC1. The Labute approximate surface area is 92.2 Å². The van der Waals surface area contributed by atoms with Gasteiger partial charge in [-0.25, -0.2) is 0 Å². The van der Waals surface area contributed by atoms with Crippen LogP contribution in [0.3, 0.4) is 0 Å². The molecule has 0 radical (unpaired) electrons. The van der Waals surface area contributed by atoms with Crippen LogP contribution in [-0.2, 0) is 4.79 Å². The maximum Gasteiger partial charge on any atom is 0.221 e. The van der Waals surface area contributed by atoms with Crippen molar-refractivity contribution < 1.29 is 4.79 Å². The molecule has 1 rings (SSSR count). The standard InChI is InChI=1S/C11H21NOS/c1-2-9-3-5-10(6-4-9)12-11(13)7-8-14/h9-10,14H,2-8H2,1H3,(H,12,13). The summed E-state index contributed by atoms with van der Waals surface area (Å²) >= 11 is 4.05. The summed E-state index contributed by atoms with van der Waals surface area (Å²) in [6, 6.07) is 0.435. The van der Waals surface area contributed by atoms with Crippen LogP contribution in [0.5, 0.6) is 0 Å². The molecule has 0 atom stereocenters. The molecule has 14 heavy (non-hydrogen) atoms. The molecular weight excluding hydrogens is 194 g/mol. The van der Waals surface area contributed by atoms with Gasteiger partial charge in [0.25, 0.3) is 0 Å². The molecule has 1 N–H and O–H groups in total. The molecule has 1 amide bonds. The van der Waals surface area contributed by atoms with Gasteiger partial charge >= 0.3 is 0 Å². The molecule has 0 saturated heterocycles. The van der Waals surface area contributed by atoms with Crippen LogP contribution in [0.15, 0.2) is 0 Å². The van der Waals surface area contributed by atoms with Crippen LogP contribution in [-0.4, -0.2) is 17.7 Å². The lowest BCUT2D eigenvalue weighted by molar-refractivity contribution is -0.121. The molecule has 0 aromatic heterocycles. The number of carbonyl (C=O) groups is 1. The van der Waals surface area contributed by atoms with Crippen molar-refractivity contribution in [2.45, 2.75) is 51.5 Å². The van der Waals surface area contributed by atoms with Crippen LogP contribution in [0.2, 0.25) is 0 Å². The van der Waals surface area contributed by atoms with Crippen molar-refractivity contribution in [3.63, 3.8) is 0 Å². The predicted octanol–water partition coefficient (Wildman–Crippen LogP) is 2.39. The highest BCUT2D eigenvalue weighted by Gasteiger charge is 2.20. The molecule has 2 nitrogen and oxygen atoms in total. The first-order chi connectivity index (χ1) is 6.76. The van der Waals surface area contributed by atoms with E-state index in [0.29, 0.717) is 18.2 Å². The number of thiol groups is 1. The lowest BCUT2D eigenvalue weighted by Gasteiger charge is -2.28. The van der Waals surface area contributed by atoms with Gasteiger partial charge in [-0.3, -0.25) is 4.79 Å². The molecule has 0 unspecified atom stereocenters. The first-order valence-electron chi connectivity index (χ1n) is 5.66. The van der Waals surface area contributed by atoms with Gasteiger partial charge in [-0.15, -0.1) is 0 Å². The molecular formula is C11H21NOS. The van der Waals surface area contributed by atoms with Crippen molar-refractivity contribution >= 4 is 18.5 Å². The molecule has 0 aliphatic heterocycles. The second kappa shape index (κ2) is 6.33. The first kappa shape index (κ1) is 11.9. The highest BCUT2D eigenvalue weighted by Crippen LogP contribution is 2.26. The Bertz CT molecular complexity index is 176. The third kappa shape index (κ3) is 3.91. The minimum atomic E-state index is 0.167. The average molecular weight is 215 g/mol. The van der Waals surface area contributed by atoms with Gasteiger partial charge in [0.15, 0.2) is 0 Å². The summed E-state index contributed by atoms with van der Waals surface area (Å²) in [4.78, 5) is 11.3. The molecule has 0 spiro atoms. The van der Waals surface area contributed by atoms with E-state index in [4.69, 9.17) is 0 Å². The topological polar surface area (TPSA) is 29.1 Å². The fourth-order valence-electron chi connectivity index (χ4n) is 2.12. The first-order valence-corrected chi connectivity index (χ1v) is 6.29. The lowest BCUT2D eigenvalue weighted by atomic mass is 9.84. The van der Waals surface area contributed by atoms with Gasteiger partial charge in [0.05, 0.1) is 0 Å². The molecule has 0 bridgehead atoms. The largest absolute Gasteiger partial charge is 0.353 e. The molecule has 0 aromatic carbocycles. The minimum absolute atomic E-state index is 0.167. The summed E-state index contributed by atoms with van der Waals surface area (Å²) in [6.07, 6.45) is 6.73. The maximum absolute atomic E-state index is 11.3. The zero-order valence-electron chi connectivity index (χ0n) is 8.96. The average Bonchev–Trinajstić information content (AvgIpc) is 2.19. The monoisotopic (exact) mass is 215 g/mol. The molecule has 1 saturated carbocycles. The normalized spacial score (nSPS) is 27.3. The Balaban J connectivity index is 2.18. The van der Waals surface area contributed by atoms with Crippen molar-refractivity contribution in [1.29, 1.82) is 0 Å². The smallest absolute Gasteiger partial charge is 0.221 e. The lowest BCUT2D eigenvalue weighted by Crippen LogP contribution is -2.37. The van der Waals surface area contributed by atoms with Crippen LogP contribution in [0.25, 0.3) is 0 Å². The Morgan fingerprint density at radius 2 is 2.00 bits per heavy atom. The van der Waals surface area contributed by atoms with Crippen LogP contribution in [0.1, 0.15) is 45.4 Å². The minimum Gasteiger partial charge on any atom is -0.353 e. The Morgan fingerprint density at radius 1 is 1.36 bits per heavy atom. The summed E-state index contributed by atoms with van der Waals surface area (Å²) in [5.74, 6) is 1.71. The van der Waals surface area contributed by atoms with Crippen LogP contribution in [0, 0.1) is 5.92 Å². The summed E-state index contributed by atoms with van der Waals surface area (Å²) in [5, 5.41) is 3.08. The Hall–Kier alpha value is -0.180. The van der Waals surface area contributed by atoms with Crippen molar-refractivity contribution in [2.24, 2.45) is 5.92 Å². The van der Waals surface area contributed by atoms with Gasteiger partial charge < -0.3 is 5.32 Å². The van der Waals surface area contributed by atoms with E-state index in [1.807, 2.05) is 0 Å². The molecule has 1 aliphatic carbocycles. The van der Waals surface area contributed by atoms with Crippen molar-refractivity contribution in [2.75, 3.05) is 5.75 Å². The van der Waals surface area contributed by atoms with Gasteiger partial charge in [0, 0.05) is 12.5 Å². The van der Waals surface area contributed by atoms with Gasteiger partial charge in [0.2, 0.25) is 5.91 Å². The number of carbonyl (C=O) groups excluding carboxylic acids is 1. The third-order valence-corrected chi connectivity index (χ3v) is 3.35. The second-order valence-electron chi connectivity index (χ2n) is 4.17. The van der Waals surface area contributed by atoms with E-state index in [-0.39, 0.29) is 5.91 Å². The number of hydrogen-bond acceptors (Lipinski definition) is 2. The van der Waals surface area contributed by atoms with E-state index in [9.17, 15) is 4.79 Å². The zero-order valence-corrected chi connectivity index (χ0v) is 9.85. The number of rotatable bonds is 4. The zero-order chi connectivity index (χ0) is 10.4. The fraction of sp³-hybridized carbons (Fsp3) is 0.909. The number of amides is 1. The summed E-state index contributed by atoms with van der Waals surface area (Å²) in [7, 11) is 0. The van der Waals surface area contributed by atoms with Crippen LogP contribution >= 0.6 is 12.6 Å². The van der Waals surface area contributed by atoms with E-state index in [1.54, 1.807) is 0 Å². The van der Waals surface area contributed by atoms with Crippen molar-refractivity contribution in [1.82, 2.24) is 5.32 Å². The number of hydrogen-bond donors (Lipinski definition) is 2. The molecule has 0 heterocycles. The fourth-order valence-corrected chi connectivity index (χ4v) is 2.32. The molecule has 3 heteroatoms. The molecule has 1 aliphatic rings.